The van der Waals surface area contributed by atoms with Crippen molar-refractivity contribution in [2.45, 2.75) is 102 Å². The number of aromatic nitrogens is 1. The zero-order valence-electron chi connectivity index (χ0n) is 33.5. The van der Waals surface area contributed by atoms with Gasteiger partial charge in [0.15, 0.2) is 5.96 Å². The Kier molecular flexibility index (Phi) is 18.3. The van der Waals surface area contributed by atoms with E-state index < -0.39 is 77.7 Å². The summed E-state index contributed by atoms with van der Waals surface area (Å²) >= 11 is 0. The molecular weight excluding hydrogens is 763 g/mol. The average Bonchev–Trinajstić information content (AvgIpc) is 3.58. The topological polar surface area (TPSA) is 332 Å². The number of carboxylic acid groups (broad SMARTS) is 1. The molecule has 6 atom stereocenters. The number of carbonyl (C=O) groups excluding carboxylic acids is 6. The van der Waals surface area contributed by atoms with E-state index in [4.69, 9.17) is 22.9 Å². The van der Waals surface area contributed by atoms with Crippen LogP contribution in [0.15, 0.2) is 65.8 Å². The summed E-state index contributed by atoms with van der Waals surface area (Å²) in [7, 11) is 0. The number of aliphatic carboxylic acids is 1. The van der Waals surface area contributed by atoms with Crippen LogP contribution in [-0.4, -0.2) is 100 Å². The van der Waals surface area contributed by atoms with Crippen molar-refractivity contribution in [3.8, 4) is 0 Å². The molecule has 0 bridgehead atoms. The van der Waals surface area contributed by atoms with Crippen molar-refractivity contribution in [3.63, 3.8) is 0 Å². The number of amides is 6. The molecule has 0 aliphatic carbocycles. The van der Waals surface area contributed by atoms with E-state index >= 15 is 0 Å². The summed E-state index contributed by atoms with van der Waals surface area (Å²) in [4.78, 5) is 99.5. The Morgan fingerprint density at radius 2 is 1.22 bits per heavy atom. The van der Waals surface area contributed by atoms with E-state index in [1.54, 1.807) is 36.5 Å². The number of aromatic amines is 1. The highest BCUT2D eigenvalue weighted by molar-refractivity contribution is 5.97. The minimum Gasteiger partial charge on any atom is -0.480 e. The third-order valence-corrected chi connectivity index (χ3v) is 9.27. The Morgan fingerprint density at radius 1 is 0.678 bits per heavy atom. The van der Waals surface area contributed by atoms with Crippen LogP contribution in [0.3, 0.4) is 0 Å². The Morgan fingerprint density at radius 3 is 1.81 bits per heavy atom. The first-order valence-electron chi connectivity index (χ1n) is 19.4. The van der Waals surface area contributed by atoms with Crippen molar-refractivity contribution in [2.24, 2.45) is 33.8 Å². The lowest BCUT2D eigenvalue weighted by Crippen LogP contribution is -2.60. The summed E-state index contributed by atoms with van der Waals surface area (Å²) < 4.78 is 0. The fraction of sp³-hybridized carbons (Fsp3) is 0.450. The Hall–Kier alpha value is -6.50. The number of nitrogens with zero attached hydrogens (tertiary/aromatic N) is 1. The molecule has 19 heteroatoms. The maximum atomic E-state index is 14.3. The number of carbonyl (C=O) groups is 7. The summed E-state index contributed by atoms with van der Waals surface area (Å²) in [5.41, 5.74) is 24.0. The largest absolute Gasteiger partial charge is 0.480 e. The summed E-state index contributed by atoms with van der Waals surface area (Å²) in [5.74, 6) is -6.07. The van der Waals surface area contributed by atoms with Gasteiger partial charge in [-0.15, -0.1) is 0 Å². The van der Waals surface area contributed by atoms with Crippen LogP contribution < -0.4 is 49.5 Å². The Labute approximate surface area is 342 Å². The summed E-state index contributed by atoms with van der Waals surface area (Å²) in [5, 5.41) is 23.8. The van der Waals surface area contributed by atoms with E-state index in [2.05, 4.69) is 36.6 Å². The van der Waals surface area contributed by atoms with Gasteiger partial charge < -0.3 is 59.6 Å². The molecule has 0 spiro atoms. The lowest BCUT2D eigenvalue weighted by molar-refractivity contribution is -0.142. The van der Waals surface area contributed by atoms with Gasteiger partial charge in [-0.25, -0.2) is 4.79 Å². The van der Waals surface area contributed by atoms with Gasteiger partial charge in [0.05, 0.1) is 6.04 Å². The molecule has 19 nitrogen and oxygen atoms in total. The zero-order valence-corrected chi connectivity index (χ0v) is 33.5. The monoisotopic (exact) mass is 819 g/mol. The number of benzene rings is 2. The quantitative estimate of drug-likeness (QED) is 0.0301. The van der Waals surface area contributed by atoms with Gasteiger partial charge in [0.25, 0.3) is 0 Å². The predicted octanol–water partition coefficient (Wildman–Crippen LogP) is -0.826. The number of primary amides is 1. The SMILES string of the molecule is CC(C)C[C@H](NC(=O)[C@H](C)N)C(=O)N[C@@H](Cc1c[nH]c2ccccc12)C(=O)N[C@@H](CCC(N)=O)C(=O)N[C@@H](Cc1ccccc1)C(=O)N[C@@H](CCCN=C(N)N)C(=O)O. The number of guanidine groups is 1. The van der Waals surface area contributed by atoms with Crippen LogP contribution >= 0.6 is 0 Å². The number of H-pyrrole nitrogens is 1. The molecule has 0 aliphatic heterocycles. The van der Waals surface area contributed by atoms with Crippen molar-refractivity contribution in [1.29, 1.82) is 0 Å². The second kappa shape index (κ2) is 23.0. The summed E-state index contributed by atoms with van der Waals surface area (Å²) in [6, 6.07) is 8.51. The van der Waals surface area contributed by atoms with Crippen LogP contribution in [0.1, 0.15) is 64.0 Å². The van der Waals surface area contributed by atoms with E-state index in [0.29, 0.717) is 11.1 Å². The molecular formula is C40H57N11O8. The van der Waals surface area contributed by atoms with E-state index in [9.17, 15) is 38.7 Å². The molecule has 1 aromatic heterocycles. The number of hydrogen-bond donors (Lipinski definition) is 11. The number of nitrogens with two attached hydrogens (primary N) is 4. The first-order chi connectivity index (χ1) is 27.9. The molecule has 0 saturated carbocycles. The van der Waals surface area contributed by atoms with Gasteiger partial charge in [-0.05, 0) is 55.7 Å². The van der Waals surface area contributed by atoms with Gasteiger partial charge >= 0.3 is 5.97 Å². The molecule has 320 valence electrons. The maximum absolute atomic E-state index is 14.3. The fourth-order valence-corrected chi connectivity index (χ4v) is 6.20. The van der Waals surface area contributed by atoms with E-state index in [0.717, 1.165) is 10.9 Å². The molecule has 0 radical (unpaired) electrons. The molecule has 0 unspecified atom stereocenters. The Bertz CT molecular complexity index is 1950. The third kappa shape index (κ3) is 15.8. The maximum Gasteiger partial charge on any atom is 0.326 e. The molecule has 3 aromatic rings. The highest BCUT2D eigenvalue weighted by Gasteiger charge is 2.33. The van der Waals surface area contributed by atoms with Crippen molar-refractivity contribution in [3.05, 3.63) is 71.9 Å². The third-order valence-electron chi connectivity index (χ3n) is 9.27. The standard InChI is InChI=1S/C40H57N11O8/c1-22(2)18-30(49-34(53)23(3)41)36(55)51-32(20-25-21-46-27-13-8-7-12-26(25)27)38(57)47-28(15-16-33(42)52)35(54)50-31(19-24-10-5-4-6-11-24)37(56)48-29(39(58)59)14-9-17-45-40(43)44/h4-8,10-13,21-23,28-32,46H,9,14-20,41H2,1-3H3,(H2,42,52)(H,47,57)(H,48,56)(H,49,53)(H,50,54)(H,51,55)(H,58,59)(H4,43,44,45)/t23-,28-,29-,30-,31-,32-/m0/s1. The Balaban J connectivity index is 1.94. The molecule has 0 fully saturated rings. The number of fused-ring (bicyclic) bond motifs is 1. The number of para-hydroxylation sites is 1. The van der Waals surface area contributed by atoms with Crippen LogP contribution in [0.4, 0.5) is 0 Å². The number of rotatable bonds is 24. The first-order valence-corrected chi connectivity index (χ1v) is 19.4. The molecule has 2 aromatic carbocycles. The molecule has 59 heavy (non-hydrogen) atoms. The highest BCUT2D eigenvalue weighted by atomic mass is 16.4. The molecule has 15 N–H and O–H groups in total. The van der Waals surface area contributed by atoms with Crippen LogP contribution in [0.25, 0.3) is 10.9 Å². The molecule has 0 saturated heterocycles. The average molecular weight is 820 g/mol. The minimum absolute atomic E-state index is 0.0301. The highest BCUT2D eigenvalue weighted by Crippen LogP contribution is 2.20. The summed E-state index contributed by atoms with van der Waals surface area (Å²) in [6.07, 6.45) is 1.35. The van der Waals surface area contributed by atoms with Crippen LogP contribution in [0.2, 0.25) is 0 Å². The lowest BCUT2D eigenvalue weighted by Gasteiger charge is -2.27. The smallest absolute Gasteiger partial charge is 0.326 e. The minimum atomic E-state index is -1.46. The number of aliphatic imine (C=N–C) groups is 1. The van der Waals surface area contributed by atoms with Crippen molar-refractivity contribution in [1.82, 2.24) is 31.6 Å². The van der Waals surface area contributed by atoms with Gasteiger partial charge in [0.1, 0.15) is 30.2 Å². The van der Waals surface area contributed by atoms with E-state index in [1.807, 2.05) is 38.1 Å². The van der Waals surface area contributed by atoms with Gasteiger partial charge in [-0.3, -0.25) is 33.8 Å². The molecule has 3 rings (SSSR count). The number of hydrogen-bond acceptors (Lipinski definition) is 9. The van der Waals surface area contributed by atoms with Gasteiger partial charge in [-0.1, -0.05) is 62.4 Å². The second-order valence-corrected chi connectivity index (χ2v) is 14.8. The number of nitrogens with one attached hydrogen (secondary N) is 6. The molecule has 6 amide bonds. The van der Waals surface area contributed by atoms with Crippen molar-refractivity contribution in [2.75, 3.05) is 6.54 Å². The normalized spacial score (nSPS) is 14.1. The molecule has 0 aliphatic rings. The zero-order chi connectivity index (χ0) is 43.6. The van der Waals surface area contributed by atoms with E-state index in [-0.39, 0.29) is 63.4 Å². The second-order valence-electron chi connectivity index (χ2n) is 14.8. The van der Waals surface area contributed by atoms with Crippen LogP contribution in [0.5, 0.6) is 0 Å². The summed E-state index contributed by atoms with van der Waals surface area (Å²) in [6.45, 7) is 5.31. The van der Waals surface area contributed by atoms with Crippen LogP contribution in [0, 0.1) is 5.92 Å². The van der Waals surface area contributed by atoms with Gasteiger partial charge in [-0.2, -0.15) is 0 Å². The van der Waals surface area contributed by atoms with Crippen molar-refractivity contribution < 1.29 is 38.7 Å². The van der Waals surface area contributed by atoms with Crippen molar-refractivity contribution >= 4 is 58.3 Å². The first kappa shape index (κ1) is 46.9. The fourth-order valence-electron chi connectivity index (χ4n) is 6.20. The van der Waals surface area contributed by atoms with E-state index in [1.165, 1.54) is 6.92 Å². The van der Waals surface area contributed by atoms with Gasteiger partial charge in [0, 0.05) is 42.9 Å². The van der Waals surface area contributed by atoms with Crippen LogP contribution in [-0.2, 0) is 46.4 Å². The number of carboxylic acids is 1. The molecule has 1 heterocycles. The van der Waals surface area contributed by atoms with Gasteiger partial charge in [0.2, 0.25) is 35.4 Å². The predicted molar refractivity (Wildman–Crippen MR) is 221 cm³/mol. The lowest BCUT2D eigenvalue weighted by atomic mass is 10.00.